The molecule has 0 saturated carbocycles. The van der Waals surface area contributed by atoms with E-state index in [-0.39, 0.29) is 11.7 Å². The fraction of sp³-hybridized carbons (Fsp3) is 0.0500. The summed E-state index contributed by atoms with van der Waals surface area (Å²) in [7, 11) is 0. The van der Waals surface area contributed by atoms with Crippen LogP contribution in [-0.4, -0.2) is 10.9 Å². The molecule has 0 fully saturated rings. The summed E-state index contributed by atoms with van der Waals surface area (Å²) < 4.78 is 13.3. The molecule has 0 spiro atoms. The second kappa shape index (κ2) is 5.84. The third-order valence-corrected chi connectivity index (χ3v) is 4.27. The molecule has 0 saturated heterocycles. The fourth-order valence-corrected chi connectivity index (χ4v) is 3.00. The zero-order valence-electron chi connectivity index (χ0n) is 13.1. The number of fused-ring (bicyclic) bond motifs is 1. The zero-order valence-corrected chi connectivity index (χ0v) is 13.1. The van der Waals surface area contributed by atoms with Crippen molar-refractivity contribution in [3.05, 3.63) is 77.4 Å². The molecule has 0 atom stereocenters. The first-order valence-corrected chi connectivity index (χ1v) is 7.73. The van der Waals surface area contributed by atoms with Crippen molar-refractivity contribution in [2.24, 2.45) is 0 Å². The maximum atomic E-state index is 13.3. The minimum Gasteiger partial charge on any atom is -0.348 e. The number of aromatic nitrogens is 1. The van der Waals surface area contributed by atoms with Crippen LogP contribution in [0.15, 0.2) is 54.7 Å². The average Bonchev–Trinajstić information content (AvgIpc) is 3.02. The van der Waals surface area contributed by atoms with Gasteiger partial charge in [0.25, 0.3) is 5.91 Å². The summed E-state index contributed by atoms with van der Waals surface area (Å²) in [6, 6.07) is 15.4. The molecule has 5 heteroatoms. The Kier molecular flexibility index (Phi) is 3.51. The van der Waals surface area contributed by atoms with Crippen molar-refractivity contribution in [2.45, 2.75) is 6.54 Å². The molecule has 1 aliphatic rings. The van der Waals surface area contributed by atoms with Crippen LogP contribution in [0.4, 0.5) is 4.39 Å². The Labute approximate surface area is 143 Å². The third-order valence-electron chi connectivity index (χ3n) is 4.27. The molecule has 1 aliphatic heterocycles. The van der Waals surface area contributed by atoms with E-state index in [0.29, 0.717) is 17.8 Å². The predicted molar refractivity (Wildman–Crippen MR) is 91.0 cm³/mol. The number of benzene rings is 2. The van der Waals surface area contributed by atoms with Crippen molar-refractivity contribution in [2.75, 3.05) is 0 Å². The molecular weight excluding hydrogens is 317 g/mol. The lowest BCUT2D eigenvalue weighted by Gasteiger charge is -2.12. The van der Waals surface area contributed by atoms with Gasteiger partial charge in [-0.3, -0.25) is 4.79 Å². The molecule has 4 nitrogen and oxygen atoms in total. The van der Waals surface area contributed by atoms with E-state index in [1.165, 1.54) is 12.1 Å². The van der Waals surface area contributed by atoms with Crippen LogP contribution in [-0.2, 0) is 6.54 Å². The molecule has 0 bridgehead atoms. The van der Waals surface area contributed by atoms with Gasteiger partial charge < -0.3 is 5.32 Å². The van der Waals surface area contributed by atoms with Crippen LogP contribution in [0.3, 0.4) is 0 Å². The lowest BCUT2D eigenvalue weighted by atomic mass is 9.91. The van der Waals surface area contributed by atoms with E-state index >= 15 is 0 Å². The smallest absolute Gasteiger partial charge is 0.251 e. The first-order chi connectivity index (χ1) is 12.2. The molecule has 120 valence electrons. The molecule has 4 rings (SSSR count). The van der Waals surface area contributed by atoms with Gasteiger partial charge in [0, 0.05) is 23.9 Å². The standard InChI is InChI=1S/C20H12FN3O/c21-15-4-1-12(2-5-15)18-8-19-14(11-24-20(19)25)7-17(18)13-3-6-16(9-22)23-10-13/h1-8,10H,11H2,(H,24,25). The van der Waals surface area contributed by atoms with E-state index in [2.05, 4.69) is 10.3 Å². The maximum Gasteiger partial charge on any atom is 0.251 e. The highest BCUT2D eigenvalue weighted by Gasteiger charge is 2.22. The molecule has 1 aromatic heterocycles. The van der Waals surface area contributed by atoms with E-state index in [1.807, 2.05) is 24.3 Å². The molecule has 3 aromatic rings. The highest BCUT2D eigenvalue weighted by molar-refractivity contribution is 6.01. The number of carbonyl (C=O) groups excluding carboxylic acids is 1. The second-order valence-electron chi connectivity index (χ2n) is 5.79. The summed E-state index contributed by atoms with van der Waals surface area (Å²) in [4.78, 5) is 16.1. The second-order valence-corrected chi connectivity index (χ2v) is 5.79. The quantitative estimate of drug-likeness (QED) is 0.780. The number of hydrogen-bond acceptors (Lipinski definition) is 3. The summed E-state index contributed by atoms with van der Waals surface area (Å²) in [6.07, 6.45) is 1.64. The van der Waals surface area contributed by atoms with E-state index in [1.54, 1.807) is 24.4 Å². The van der Waals surface area contributed by atoms with Crippen LogP contribution >= 0.6 is 0 Å². The van der Waals surface area contributed by atoms with Gasteiger partial charge in [-0.15, -0.1) is 0 Å². The largest absolute Gasteiger partial charge is 0.348 e. The van der Waals surface area contributed by atoms with E-state index in [4.69, 9.17) is 5.26 Å². The predicted octanol–water partition coefficient (Wildman–Crippen LogP) is 3.67. The Morgan fingerprint density at radius 2 is 1.72 bits per heavy atom. The van der Waals surface area contributed by atoms with Gasteiger partial charge in [0.2, 0.25) is 0 Å². The van der Waals surface area contributed by atoms with E-state index in [0.717, 1.165) is 27.8 Å². The summed E-state index contributed by atoms with van der Waals surface area (Å²) in [5.74, 6) is -0.424. The van der Waals surface area contributed by atoms with Crippen molar-refractivity contribution in [3.63, 3.8) is 0 Å². The highest BCUT2D eigenvalue weighted by atomic mass is 19.1. The maximum absolute atomic E-state index is 13.3. The number of pyridine rings is 1. The first kappa shape index (κ1) is 15.0. The van der Waals surface area contributed by atoms with Crippen molar-refractivity contribution in [3.8, 4) is 28.3 Å². The van der Waals surface area contributed by atoms with E-state index in [9.17, 15) is 9.18 Å². The van der Waals surface area contributed by atoms with Gasteiger partial charge in [0.15, 0.2) is 0 Å². The monoisotopic (exact) mass is 329 g/mol. The van der Waals surface area contributed by atoms with Crippen LogP contribution in [0.1, 0.15) is 21.6 Å². The Balaban J connectivity index is 1.94. The molecule has 0 aliphatic carbocycles. The lowest BCUT2D eigenvalue weighted by Crippen LogP contribution is -2.12. The van der Waals surface area contributed by atoms with Crippen molar-refractivity contribution in [1.29, 1.82) is 5.26 Å². The molecule has 0 radical (unpaired) electrons. The van der Waals surface area contributed by atoms with Crippen LogP contribution in [0, 0.1) is 17.1 Å². The SMILES string of the molecule is N#Cc1ccc(-c2cc3c(cc2-c2ccc(F)cc2)C(=O)NC3)cn1. The molecule has 25 heavy (non-hydrogen) atoms. The summed E-state index contributed by atoms with van der Waals surface area (Å²) in [6.45, 7) is 0.481. The third kappa shape index (κ3) is 2.64. The Hall–Kier alpha value is -3.52. The Morgan fingerprint density at radius 1 is 1.00 bits per heavy atom. The van der Waals surface area contributed by atoms with Crippen molar-refractivity contribution in [1.82, 2.24) is 10.3 Å². The van der Waals surface area contributed by atoms with Gasteiger partial charge in [-0.05, 0) is 58.7 Å². The number of nitriles is 1. The van der Waals surface area contributed by atoms with Gasteiger partial charge in [0.05, 0.1) is 0 Å². The normalized spacial score (nSPS) is 12.4. The first-order valence-electron chi connectivity index (χ1n) is 7.73. The topological polar surface area (TPSA) is 65.8 Å². The van der Waals surface area contributed by atoms with Crippen molar-refractivity contribution < 1.29 is 9.18 Å². The van der Waals surface area contributed by atoms with Crippen molar-refractivity contribution >= 4 is 5.91 Å². The van der Waals surface area contributed by atoms with Gasteiger partial charge in [0.1, 0.15) is 17.6 Å². The Bertz CT molecular complexity index is 1020. The molecule has 2 heterocycles. The molecule has 0 unspecified atom stereocenters. The highest BCUT2D eigenvalue weighted by Crippen LogP contribution is 2.35. The Morgan fingerprint density at radius 3 is 2.40 bits per heavy atom. The minimum absolute atomic E-state index is 0.108. The molecule has 1 amide bonds. The summed E-state index contributed by atoms with van der Waals surface area (Å²) >= 11 is 0. The molecule has 1 N–H and O–H groups in total. The van der Waals surface area contributed by atoms with Gasteiger partial charge in [-0.25, -0.2) is 9.37 Å². The summed E-state index contributed by atoms with van der Waals surface area (Å²) in [5, 5.41) is 11.7. The number of hydrogen-bond donors (Lipinski definition) is 1. The van der Waals surface area contributed by atoms with Gasteiger partial charge in [-0.2, -0.15) is 5.26 Å². The number of amides is 1. The zero-order chi connectivity index (χ0) is 17.4. The van der Waals surface area contributed by atoms with Gasteiger partial charge >= 0.3 is 0 Å². The minimum atomic E-state index is -0.316. The van der Waals surface area contributed by atoms with Crippen LogP contribution in [0.5, 0.6) is 0 Å². The lowest BCUT2D eigenvalue weighted by molar-refractivity contribution is 0.0966. The van der Waals surface area contributed by atoms with Crippen LogP contribution < -0.4 is 5.32 Å². The molecule has 2 aromatic carbocycles. The van der Waals surface area contributed by atoms with Gasteiger partial charge in [-0.1, -0.05) is 12.1 Å². The number of carbonyl (C=O) groups is 1. The fourth-order valence-electron chi connectivity index (χ4n) is 3.00. The van der Waals surface area contributed by atoms with Crippen LogP contribution in [0.2, 0.25) is 0 Å². The van der Waals surface area contributed by atoms with E-state index < -0.39 is 0 Å². The average molecular weight is 329 g/mol. The number of nitrogens with zero attached hydrogens (tertiary/aromatic N) is 2. The number of rotatable bonds is 2. The number of nitrogens with one attached hydrogen (secondary N) is 1. The summed E-state index contributed by atoms with van der Waals surface area (Å²) in [5.41, 5.74) is 5.23. The van der Waals surface area contributed by atoms with Crippen LogP contribution in [0.25, 0.3) is 22.3 Å². The molecular formula is C20H12FN3O. The number of halogens is 1.